The van der Waals surface area contributed by atoms with E-state index < -0.39 is 0 Å². The van der Waals surface area contributed by atoms with Crippen molar-refractivity contribution in [2.45, 2.75) is 20.4 Å². The standard InChI is InChI=1S/C18H20N4O2/c1-12-15(13(2)22(4)19-12)11-21(3)18(23)16-10-17(24-20-16)14-8-6-5-7-9-14/h5-10H,11H2,1-4H3. The first-order valence-corrected chi connectivity index (χ1v) is 7.74. The minimum atomic E-state index is -0.177. The number of carbonyl (C=O) groups excluding carboxylic acids is 1. The van der Waals surface area contributed by atoms with E-state index in [9.17, 15) is 4.79 Å². The van der Waals surface area contributed by atoms with Gasteiger partial charge in [0.2, 0.25) is 0 Å². The molecular weight excluding hydrogens is 304 g/mol. The maximum atomic E-state index is 12.6. The Morgan fingerprint density at radius 1 is 1.25 bits per heavy atom. The van der Waals surface area contributed by atoms with Crippen LogP contribution in [-0.4, -0.2) is 32.8 Å². The summed E-state index contributed by atoms with van der Waals surface area (Å²) in [5.74, 6) is 0.407. The van der Waals surface area contributed by atoms with Gasteiger partial charge < -0.3 is 9.42 Å². The zero-order valence-electron chi connectivity index (χ0n) is 14.3. The molecule has 1 aromatic carbocycles. The highest BCUT2D eigenvalue weighted by molar-refractivity contribution is 5.92. The highest BCUT2D eigenvalue weighted by Gasteiger charge is 2.20. The third kappa shape index (κ3) is 2.95. The number of hydrogen-bond acceptors (Lipinski definition) is 4. The average molecular weight is 324 g/mol. The number of amides is 1. The van der Waals surface area contributed by atoms with Crippen molar-refractivity contribution in [1.82, 2.24) is 19.8 Å². The quantitative estimate of drug-likeness (QED) is 0.740. The Morgan fingerprint density at radius 3 is 2.58 bits per heavy atom. The van der Waals surface area contributed by atoms with E-state index in [1.165, 1.54) is 0 Å². The lowest BCUT2D eigenvalue weighted by molar-refractivity contribution is 0.0774. The van der Waals surface area contributed by atoms with Gasteiger partial charge in [-0.15, -0.1) is 0 Å². The second-order valence-electron chi connectivity index (χ2n) is 5.88. The first-order valence-electron chi connectivity index (χ1n) is 7.74. The van der Waals surface area contributed by atoms with Crippen LogP contribution in [0.25, 0.3) is 11.3 Å². The minimum Gasteiger partial charge on any atom is -0.355 e. The molecule has 0 aliphatic carbocycles. The van der Waals surface area contributed by atoms with Crippen LogP contribution in [0.1, 0.15) is 27.4 Å². The van der Waals surface area contributed by atoms with E-state index in [-0.39, 0.29) is 5.91 Å². The number of nitrogens with zero attached hydrogens (tertiary/aromatic N) is 4. The van der Waals surface area contributed by atoms with E-state index in [1.807, 2.05) is 55.9 Å². The summed E-state index contributed by atoms with van der Waals surface area (Å²) in [6.07, 6.45) is 0. The van der Waals surface area contributed by atoms with Gasteiger partial charge in [0.25, 0.3) is 5.91 Å². The molecule has 0 saturated carbocycles. The Morgan fingerprint density at radius 2 is 1.96 bits per heavy atom. The molecule has 124 valence electrons. The van der Waals surface area contributed by atoms with Gasteiger partial charge in [-0.2, -0.15) is 5.10 Å². The molecular formula is C18H20N4O2. The highest BCUT2D eigenvalue weighted by atomic mass is 16.5. The van der Waals surface area contributed by atoms with Gasteiger partial charge in [-0.3, -0.25) is 9.48 Å². The monoisotopic (exact) mass is 324 g/mol. The van der Waals surface area contributed by atoms with Crippen LogP contribution in [0.2, 0.25) is 0 Å². The molecule has 0 atom stereocenters. The highest BCUT2D eigenvalue weighted by Crippen LogP contribution is 2.21. The Hall–Kier alpha value is -2.89. The van der Waals surface area contributed by atoms with Crippen molar-refractivity contribution in [3.8, 4) is 11.3 Å². The summed E-state index contributed by atoms with van der Waals surface area (Å²) < 4.78 is 7.14. The molecule has 0 N–H and O–H groups in total. The molecule has 0 unspecified atom stereocenters. The third-order valence-corrected chi connectivity index (χ3v) is 4.19. The molecule has 0 aliphatic heterocycles. The van der Waals surface area contributed by atoms with E-state index in [2.05, 4.69) is 10.3 Å². The summed E-state index contributed by atoms with van der Waals surface area (Å²) in [6.45, 7) is 4.43. The van der Waals surface area contributed by atoms with Gasteiger partial charge in [-0.05, 0) is 13.8 Å². The molecule has 24 heavy (non-hydrogen) atoms. The van der Waals surface area contributed by atoms with Crippen molar-refractivity contribution in [3.63, 3.8) is 0 Å². The van der Waals surface area contributed by atoms with Gasteiger partial charge in [0.05, 0.1) is 5.69 Å². The molecule has 3 rings (SSSR count). The van der Waals surface area contributed by atoms with Crippen LogP contribution in [0.15, 0.2) is 40.9 Å². The van der Waals surface area contributed by atoms with Gasteiger partial charge in [-0.25, -0.2) is 0 Å². The third-order valence-electron chi connectivity index (χ3n) is 4.19. The zero-order chi connectivity index (χ0) is 17.3. The Bertz CT molecular complexity index is 865. The molecule has 0 bridgehead atoms. The topological polar surface area (TPSA) is 64.2 Å². The Labute approximate surface area is 140 Å². The molecule has 0 spiro atoms. The van der Waals surface area contributed by atoms with Crippen LogP contribution in [-0.2, 0) is 13.6 Å². The van der Waals surface area contributed by atoms with Crippen molar-refractivity contribution in [3.05, 3.63) is 59.0 Å². The molecule has 3 aromatic rings. The van der Waals surface area contributed by atoms with Crippen molar-refractivity contribution in [2.75, 3.05) is 7.05 Å². The number of aryl methyl sites for hydroxylation is 2. The zero-order valence-corrected chi connectivity index (χ0v) is 14.3. The second kappa shape index (κ2) is 6.31. The lowest BCUT2D eigenvalue weighted by atomic mass is 10.1. The normalized spacial score (nSPS) is 10.8. The minimum absolute atomic E-state index is 0.177. The fraction of sp³-hybridized carbons (Fsp3) is 0.278. The number of aromatic nitrogens is 3. The SMILES string of the molecule is Cc1nn(C)c(C)c1CN(C)C(=O)c1cc(-c2ccccc2)on1. The fourth-order valence-electron chi connectivity index (χ4n) is 2.67. The molecule has 0 saturated heterocycles. The van der Waals surface area contributed by atoms with E-state index in [0.29, 0.717) is 18.0 Å². The van der Waals surface area contributed by atoms with Crippen LogP contribution in [0, 0.1) is 13.8 Å². The predicted molar refractivity (Wildman–Crippen MR) is 90.4 cm³/mol. The summed E-state index contributed by atoms with van der Waals surface area (Å²) in [6, 6.07) is 11.3. The number of hydrogen-bond donors (Lipinski definition) is 0. The van der Waals surface area contributed by atoms with Crippen LogP contribution in [0.5, 0.6) is 0 Å². The molecule has 2 heterocycles. The van der Waals surface area contributed by atoms with Crippen LogP contribution >= 0.6 is 0 Å². The number of rotatable bonds is 4. The first kappa shape index (κ1) is 16.0. The molecule has 6 heteroatoms. The molecule has 2 aromatic heterocycles. The van der Waals surface area contributed by atoms with Gasteiger partial charge >= 0.3 is 0 Å². The van der Waals surface area contributed by atoms with Crippen LogP contribution < -0.4 is 0 Å². The summed E-state index contributed by atoms with van der Waals surface area (Å²) in [5, 5.41) is 8.30. The molecule has 0 aliphatic rings. The lowest BCUT2D eigenvalue weighted by Crippen LogP contribution is -2.27. The Kier molecular flexibility index (Phi) is 4.20. The molecule has 1 amide bonds. The fourth-order valence-corrected chi connectivity index (χ4v) is 2.67. The van der Waals surface area contributed by atoms with Gasteiger partial charge in [0.1, 0.15) is 0 Å². The van der Waals surface area contributed by atoms with Crippen molar-refractivity contribution in [2.24, 2.45) is 7.05 Å². The molecule has 0 radical (unpaired) electrons. The summed E-state index contributed by atoms with van der Waals surface area (Å²) in [4.78, 5) is 14.2. The number of benzene rings is 1. The van der Waals surface area contributed by atoms with Crippen LogP contribution in [0.3, 0.4) is 0 Å². The van der Waals surface area contributed by atoms with Gasteiger partial charge in [0, 0.05) is 43.5 Å². The predicted octanol–water partition coefficient (Wildman–Crippen LogP) is 2.96. The van der Waals surface area contributed by atoms with E-state index >= 15 is 0 Å². The average Bonchev–Trinajstić information content (AvgIpc) is 3.16. The van der Waals surface area contributed by atoms with E-state index in [1.54, 1.807) is 18.0 Å². The summed E-state index contributed by atoms with van der Waals surface area (Å²) in [5.41, 5.74) is 4.23. The smallest absolute Gasteiger partial charge is 0.276 e. The van der Waals surface area contributed by atoms with Gasteiger partial charge in [0.15, 0.2) is 11.5 Å². The second-order valence-corrected chi connectivity index (χ2v) is 5.88. The van der Waals surface area contributed by atoms with Crippen molar-refractivity contribution >= 4 is 5.91 Å². The maximum Gasteiger partial charge on any atom is 0.276 e. The summed E-state index contributed by atoms with van der Waals surface area (Å²) in [7, 11) is 3.66. The molecule has 6 nitrogen and oxygen atoms in total. The summed E-state index contributed by atoms with van der Waals surface area (Å²) >= 11 is 0. The van der Waals surface area contributed by atoms with Crippen LogP contribution in [0.4, 0.5) is 0 Å². The first-order chi connectivity index (χ1) is 11.5. The molecule has 0 fully saturated rings. The van der Waals surface area contributed by atoms with E-state index in [0.717, 1.165) is 22.5 Å². The Balaban J connectivity index is 1.78. The maximum absolute atomic E-state index is 12.6. The largest absolute Gasteiger partial charge is 0.355 e. The number of carbonyl (C=O) groups is 1. The van der Waals surface area contributed by atoms with Gasteiger partial charge in [-0.1, -0.05) is 35.5 Å². The van der Waals surface area contributed by atoms with Crippen molar-refractivity contribution in [1.29, 1.82) is 0 Å². The van der Waals surface area contributed by atoms with E-state index in [4.69, 9.17) is 4.52 Å². The van der Waals surface area contributed by atoms with Crippen molar-refractivity contribution < 1.29 is 9.32 Å². The lowest BCUT2D eigenvalue weighted by Gasteiger charge is -2.15.